The van der Waals surface area contributed by atoms with E-state index < -0.39 is 66.1 Å². The second-order valence-electron chi connectivity index (χ2n) is 26.8. The molecule has 0 bridgehead atoms. The number of amides is 8. The molecule has 4 aromatic rings. The molecule has 21 nitrogen and oxygen atoms in total. The van der Waals surface area contributed by atoms with E-state index in [4.69, 9.17) is 0 Å². The second kappa shape index (κ2) is 40.3. The molecule has 4 saturated heterocycles. The summed E-state index contributed by atoms with van der Waals surface area (Å²) in [6, 6.07) is 31.2. The molecule has 534 valence electrons. The zero-order valence-electron chi connectivity index (χ0n) is 58.6. The summed E-state index contributed by atoms with van der Waals surface area (Å²) in [6.07, 6.45) is 10.0. The Labute approximate surface area is 590 Å². The fraction of sp³-hybridized carbons (Fsp3) is 0.519. The maximum Gasteiger partial charge on any atom is 0.247 e. The van der Waals surface area contributed by atoms with Gasteiger partial charge in [-0.05, 0) is 150 Å². The topological polar surface area (TPSA) is 285 Å². The average Bonchev–Trinajstić information content (AvgIpc) is 1.64. The Morgan fingerprint density at radius 1 is 0.500 bits per heavy atom. The van der Waals surface area contributed by atoms with E-state index in [1.165, 1.54) is 5.56 Å². The van der Waals surface area contributed by atoms with Crippen LogP contribution in [0.5, 0.6) is 0 Å². The summed E-state index contributed by atoms with van der Waals surface area (Å²) < 4.78 is 0. The van der Waals surface area contributed by atoms with Crippen LogP contribution in [0.4, 0.5) is 0 Å². The fourth-order valence-electron chi connectivity index (χ4n) is 14.5. The van der Waals surface area contributed by atoms with Crippen molar-refractivity contribution in [2.24, 2.45) is 11.8 Å². The number of rotatable bonds is 36. The Balaban J connectivity index is 0.743. The molecule has 0 saturated carbocycles. The molecular formula is C79H103N11O10. The first-order valence-corrected chi connectivity index (χ1v) is 36.3. The summed E-state index contributed by atoms with van der Waals surface area (Å²) in [5.41, 5.74) is 3.47. The number of carbonyl (C=O) groups excluding carboxylic acids is 10. The minimum absolute atomic E-state index is 0.0388. The molecule has 21 heteroatoms. The third-order valence-electron chi connectivity index (χ3n) is 20.1. The second-order valence-corrected chi connectivity index (χ2v) is 26.8. The smallest absolute Gasteiger partial charge is 0.247 e. The summed E-state index contributed by atoms with van der Waals surface area (Å²) in [7, 11) is 3.43. The first-order chi connectivity index (χ1) is 48.6. The molecule has 8 amide bonds. The standard InChI is InChI=1S/C79H103N11O10/c1-5-63(80-3)73(94)87-71-58(37-25-32-54-28-15-11-16-29-54)42-44-60-46-49-66(89(60)78(71)99)76(97)86-70(57-35-21-14-22-36-57)77(98)84-51-26-39-62(91)38-23-9-7-8-10-24-41-68(93)83-50-27-40-67(92)69(56-33-19-13-20-34-56)85-75(96)65-48-47-61-45-43-59(53-82-52-55-30-17-12-18-31-55)72(79(100)90(61)65)88-74(95)64(6-2)81-4/h11-22,28-31,33-36,58-61,63-66,69-72,80-82H,5-6,23-27,32,37-53H2,1-4H3,(H,83,93)(H,84,98)(H,85,96)(H,86,97)(H,87,94)(H,88,95)/t58-,59+,60-,61-,63-,64-,65-,66-,69-,70-,71-,72-/m0/s1. The number of Topliss-reactive ketones (excluding diaryl/α,β-unsaturated/α-hetero) is 2. The first kappa shape index (κ1) is 76.7. The largest absolute Gasteiger partial charge is 0.356 e. The van der Waals surface area contributed by atoms with Crippen molar-refractivity contribution in [3.63, 3.8) is 0 Å². The van der Waals surface area contributed by atoms with Crippen molar-refractivity contribution in [2.45, 2.75) is 216 Å². The predicted octanol–water partition coefficient (Wildman–Crippen LogP) is 6.52. The number of nitrogens with one attached hydrogen (secondary N) is 9. The van der Waals surface area contributed by atoms with Crippen LogP contribution in [0, 0.1) is 35.5 Å². The van der Waals surface area contributed by atoms with Crippen LogP contribution in [-0.4, -0.2) is 151 Å². The zero-order chi connectivity index (χ0) is 71.2. The van der Waals surface area contributed by atoms with Crippen LogP contribution >= 0.6 is 0 Å². The van der Waals surface area contributed by atoms with Gasteiger partial charge in [-0.15, -0.1) is 0 Å². The maximum atomic E-state index is 14.8. The molecule has 4 aliphatic heterocycles. The third kappa shape index (κ3) is 22.2. The van der Waals surface area contributed by atoms with Crippen LogP contribution in [-0.2, 0) is 60.9 Å². The van der Waals surface area contributed by atoms with Crippen molar-refractivity contribution in [3.8, 4) is 23.7 Å². The van der Waals surface area contributed by atoms with Gasteiger partial charge in [0.25, 0.3) is 0 Å². The summed E-state index contributed by atoms with van der Waals surface area (Å²) in [6.45, 7) is 5.29. The van der Waals surface area contributed by atoms with Gasteiger partial charge < -0.3 is 57.7 Å². The van der Waals surface area contributed by atoms with E-state index >= 15 is 0 Å². The number of benzene rings is 4. The molecule has 4 aliphatic rings. The van der Waals surface area contributed by atoms with Crippen LogP contribution < -0.4 is 47.9 Å². The van der Waals surface area contributed by atoms with Gasteiger partial charge in [0.1, 0.15) is 42.0 Å². The summed E-state index contributed by atoms with van der Waals surface area (Å²) in [4.78, 5) is 142. The number of likely N-dealkylation sites (N-methyl/N-ethyl adjacent to an activating group) is 2. The Bertz CT molecular complexity index is 3270. The highest BCUT2D eigenvalue weighted by Crippen LogP contribution is 2.38. The van der Waals surface area contributed by atoms with Gasteiger partial charge in [0, 0.05) is 82.7 Å². The molecule has 100 heavy (non-hydrogen) atoms. The lowest BCUT2D eigenvalue weighted by molar-refractivity contribution is -0.144. The Hall–Kier alpha value is -9.02. The van der Waals surface area contributed by atoms with Crippen molar-refractivity contribution in [1.29, 1.82) is 0 Å². The van der Waals surface area contributed by atoms with Crippen LogP contribution in [0.15, 0.2) is 121 Å². The van der Waals surface area contributed by atoms with Crippen molar-refractivity contribution in [3.05, 3.63) is 144 Å². The number of ketones is 2. The molecule has 0 spiro atoms. The van der Waals surface area contributed by atoms with E-state index in [-0.39, 0.29) is 117 Å². The Morgan fingerprint density at radius 3 is 1.52 bits per heavy atom. The van der Waals surface area contributed by atoms with Crippen molar-refractivity contribution >= 4 is 58.8 Å². The number of hydrogen-bond donors (Lipinski definition) is 9. The lowest BCUT2D eigenvalue weighted by atomic mass is 9.88. The van der Waals surface area contributed by atoms with E-state index in [1.807, 2.05) is 74.5 Å². The minimum atomic E-state index is -1.07. The lowest BCUT2D eigenvalue weighted by Gasteiger charge is -2.33. The lowest BCUT2D eigenvalue weighted by Crippen LogP contribution is -2.59. The maximum absolute atomic E-state index is 14.8. The number of carbonyl (C=O) groups is 10. The third-order valence-corrected chi connectivity index (χ3v) is 20.1. The summed E-state index contributed by atoms with van der Waals surface area (Å²) in [5.74, 6) is 7.96. The van der Waals surface area contributed by atoms with Crippen LogP contribution in [0.25, 0.3) is 0 Å². The molecule has 4 fully saturated rings. The Kier molecular flexibility index (Phi) is 30.9. The molecule has 4 aromatic carbocycles. The SMILES string of the molecule is CC[C@H](NC)C(=O)N[C@@H]1C(=O)N2[C@@H](CC[C@@H]1CNCc1ccccc1)CC[C@H]2C(=O)N[C@H](C(=O)CCCNC(=O)CCC#CC#CCCC(=O)CCCNC(=O)[C@@H](NC(=O)[C@@H]1CC[C@@H]2CC[C@H](CCCc3ccccc3)[C@H](NC(=O)[C@H](CC)NC)C(=O)N21)c1ccccc1)c1ccccc1. The van der Waals surface area contributed by atoms with Gasteiger partial charge in [-0.2, -0.15) is 0 Å². The van der Waals surface area contributed by atoms with Gasteiger partial charge in [-0.25, -0.2) is 0 Å². The molecule has 0 unspecified atom stereocenters. The molecular weight excluding hydrogens is 1260 g/mol. The molecule has 0 aromatic heterocycles. The molecule has 8 rings (SSSR count). The van der Waals surface area contributed by atoms with Gasteiger partial charge in [0.2, 0.25) is 47.3 Å². The van der Waals surface area contributed by atoms with Gasteiger partial charge >= 0.3 is 0 Å². The van der Waals surface area contributed by atoms with Crippen LogP contribution in [0.1, 0.15) is 177 Å². The van der Waals surface area contributed by atoms with E-state index in [0.29, 0.717) is 94.8 Å². The van der Waals surface area contributed by atoms with Crippen LogP contribution in [0.2, 0.25) is 0 Å². The normalized spacial score (nSPS) is 21.3. The molecule has 4 heterocycles. The highest BCUT2D eigenvalue weighted by Gasteiger charge is 2.50. The number of hydrogen-bond acceptors (Lipinski definition) is 13. The average molecular weight is 1370 g/mol. The van der Waals surface area contributed by atoms with Gasteiger partial charge in [-0.1, -0.05) is 147 Å². The van der Waals surface area contributed by atoms with E-state index in [9.17, 15) is 47.9 Å². The minimum Gasteiger partial charge on any atom is -0.356 e. The molecule has 9 N–H and O–H groups in total. The van der Waals surface area contributed by atoms with Crippen LogP contribution in [0.3, 0.4) is 0 Å². The molecule has 12 atom stereocenters. The monoisotopic (exact) mass is 1370 g/mol. The quantitative estimate of drug-likeness (QED) is 0.0174. The number of nitrogens with zero attached hydrogens (tertiary/aromatic N) is 2. The van der Waals surface area contributed by atoms with Crippen molar-refractivity contribution in [2.75, 3.05) is 33.7 Å². The first-order valence-electron chi connectivity index (χ1n) is 36.3. The Morgan fingerprint density at radius 2 is 0.970 bits per heavy atom. The van der Waals surface area contributed by atoms with E-state index in [2.05, 4.69) is 83.7 Å². The van der Waals surface area contributed by atoms with Gasteiger partial charge in [0.05, 0.1) is 12.1 Å². The highest BCUT2D eigenvalue weighted by atomic mass is 16.2. The van der Waals surface area contributed by atoms with Gasteiger partial charge in [-0.3, -0.25) is 47.9 Å². The molecule has 0 aliphatic carbocycles. The van der Waals surface area contributed by atoms with E-state index in [0.717, 1.165) is 31.2 Å². The summed E-state index contributed by atoms with van der Waals surface area (Å²) >= 11 is 0. The number of fused-ring (bicyclic) bond motifs is 2. The van der Waals surface area contributed by atoms with Crippen molar-refractivity contribution < 1.29 is 47.9 Å². The molecule has 0 radical (unpaired) electrons. The summed E-state index contributed by atoms with van der Waals surface area (Å²) in [5, 5.41) is 27.5. The van der Waals surface area contributed by atoms with E-state index in [1.54, 1.807) is 72.4 Å². The predicted molar refractivity (Wildman–Crippen MR) is 384 cm³/mol. The van der Waals surface area contributed by atoms with Crippen molar-refractivity contribution in [1.82, 2.24) is 57.7 Å². The zero-order valence-corrected chi connectivity index (χ0v) is 58.6. The fourth-order valence-corrected chi connectivity index (χ4v) is 14.5. The highest BCUT2D eigenvalue weighted by molar-refractivity contribution is 5.98. The number of aryl methyl sites for hydroxylation is 1. The van der Waals surface area contributed by atoms with Gasteiger partial charge in [0.15, 0.2) is 5.78 Å².